The number of rotatable bonds is 4. The largest absolute Gasteiger partial charge is 0.356 e. The molecule has 4 rings (SSSR count). The molecule has 150 valence electrons. The highest BCUT2D eigenvalue weighted by atomic mass is 32.2. The van der Waals surface area contributed by atoms with Gasteiger partial charge in [0.2, 0.25) is 10.0 Å². The summed E-state index contributed by atoms with van der Waals surface area (Å²) in [6, 6.07) is -0.206. The normalized spacial score (nSPS) is 25.0. The molecule has 0 amide bonds. The Balaban J connectivity index is 1.64. The Labute approximate surface area is 163 Å². The van der Waals surface area contributed by atoms with Gasteiger partial charge in [0.05, 0.1) is 12.3 Å². The lowest BCUT2D eigenvalue weighted by Crippen LogP contribution is -2.37. The standard InChI is InChI=1S/C20H32N4O2S/c1-15-17-10-6-12-23(14-16-8-4-3-5-9-16)20(17)22-19(21-15)18-11-7-13-24(18)27(2,25)26/h16,18H,3-14H2,1-2H3. The van der Waals surface area contributed by atoms with E-state index >= 15 is 0 Å². The zero-order valence-corrected chi connectivity index (χ0v) is 17.5. The summed E-state index contributed by atoms with van der Waals surface area (Å²) in [7, 11) is -3.23. The number of nitrogens with zero attached hydrogens (tertiary/aromatic N) is 4. The minimum Gasteiger partial charge on any atom is -0.356 e. The van der Waals surface area contributed by atoms with Gasteiger partial charge < -0.3 is 4.90 Å². The Bertz CT molecular complexity index is 789. The van der Waals surface area contributed by atoms with Gasteiger partial charge in [0.15, 0.2) is 0 Å². The molecule has 1 atom stereocenters. The number of fused-ring (bicyclic) bond motifs is 1. The first-order valence-electron chi connectivity index (χ1n) is 10.5. The molecular formula is C20H32N4O2S. The Kier molecular flexibility index (Phi) is 5.43. The van der Waals surface area contributed by atoms with Crippen molar-refractivity contribution >= 4 is 15.8 Å². The van der Waals surface area contributed by atoms with Gasteiger partial charge in [0.25, 0.3) is 0 Å². The van der Waals surface area contributed by atoms with Crippen LogP contribution in [0, 0.1) is 12.8 Å². The maximum absolute atomic E-state index is 12.2. The molecule has 1 saturated heterocycles. The van der Waals surface area contributed by atoms with Crippen molar-refractivity contribution in [3.05, 3.63) is 17.1 Å². The van der Waals surface area contributed by atoms with Crippen molar-refractivity contribution < 1.29 is 8.42 Å². The Hall–Kier alpha value is -1.21. The van der Waals surface area contributed by atoms with Crippen LogP contribution in [0.4, 0.5) is 5.82 Å². The van der Waals surface area contributed by atoms with E-state index in [0.717, 1.165) is 56.2 Å². The summed E-state index contributed by atoms with van der Waals surface area (Å²) in [5.41, 5.74) is 2.30. The average molecular weight is 393 g/mol. The molecule has 1 unspecified atom stereocenters. The summed E-state index contributed by atoms with van der Waals surface area (Å²) >= 11 is 0. The van der Waals surface area contributed by atoms with E-state index in [2.05, 4.69) is 11.8 Å². The van der Waals surface area contributed by atoms with Crippen LogP contribution < -0.4 is 4.90 Å². The number of hydrogen-bond donors (Lipinski definition) is 0. The monoisotopic (exact) mass is 392 g/mol. The summed E-state index contributed by atoms with van der Waals surface area (Å²) in [6.45, 7) is 4.78. The van der Waals surface area contributed by atoms with E-state index in [9.17, 15) is 8.42 Å². The zero-order valence-electron chi connectivity index (χ0n) is 16.7. The molecule has 0 N–H and O–H groups in total. The van der Waals surface area contributed by atoms with Gasteiger partial charge in [0, 0.05) is 30.9 Å². The molecule has 0 bridgehead atoms. The van der Waals surface area contributed by atoms with Crippen molar-refractivity contribution in [2.75, 3.05) is 30.8 Å². The van der Waals surface area contributed by atoms with Crippen LogP contribution in [0.5, 0.6) is 0 Å². The van der Waals surface area contributed by atoms with E-state index in [-0.39, 0.29) is 6.04 Å². The second-order valence-electron chi connectivity index (χ2n) is 8.55. The van der Waals surface area contributed by atoms with Crippen LogP contribution in [0.2, 0.25) is 0 Å². The summed E-state index contributed by atoms with van der Waals surface area (Å²) in [6.07, 6.45) is 11.9. The third kappa shape index (κ3) is 3.99. The van der Waals surface area contributed by atoms with E-state index < -0.39 is 10.0 Å². The van der Waals surface area contributed by atoms with E-state index in [1.165, 1.54) is 43.9 Å². The lowest BCUT2D eigenvalue weighted by Gasteiger charge is -2.35. The van der Waals surface area contributed by atoms with E-state index in [4.69, 9.17) is 9.97 Å². The first-order chi connectivity index (χ1) is 12.9. The number of anilines is 1. The van der Waals surface area contributed by atoms with Gasteiger partial charge >= 0.3 is 0 Å². The van der Waals surface area contributed by atoms with Crippen LogP contribution in [-0.2, 0) is 16.4 Å². The molecule has 1 saturated carbocycles. The first-order valence-corrected chi connectivity index (χ1v) is 12.4. The van der Waals surface area contributed by atoms with Crippen molar-refractivity contribution in [3.8, 4) is 0 Å². The molecule has 2 aliphatic heterocycles. The summed E-state index contributed by atoms with van der Waals surface area (Å²) < 4.78 is 25.9. The van der Waals surface area contributed by atoms with Crippen molar-refractivity contribution in [1.82, 2.24) is 14.3 Å². The van der Waals surface area contributed by atoms with Crippen LogP contribution in [0.1, 0.15) is 74.5 Å². The predicted molar refractivity (Wildman–Crippen MR) is 107 cm³/mol. The lowest BCUT2D eigenvalue weighted by molar-refractivity contribution is 0.354. The zero-order chi connectivity index (χ0) is 19.0. The van der Waals surface area contributed by atoms with E-state index in [1.807, 2.05) is 0 Å². The Morgan fingerprint density at radius 1 is 1.00 bits per heavy atom. The minimum absolute atomic E-state index is 0.206. The highest BCUT2D eigenvalue weighted by molar-refractivity contribution is 7.88. The molecule has 0 aromatic carbocycles. The summed E-state index contributed by atoms with van der Waals surface area (Å²) in [5, 5.41) is 0. The van der Waals surface area contributed by atoms with Crippen molar-refractivity contribution in [2.24, 2.45) is 5.92 Å². The van der Waals surface area contributed by atoms with Crippen LogP contribution in [0.25, 0.3) is 0 Å². The number of aromatic nitrogens is 2. The molecular weight excluding hydrogens is 360 g/mol. The van der Waals surface area contributed by atoms with Crippen LogP contribution >= 0.6 is 0 Å². The molecule has 6 nitrogen and oxygen atoms in total. The molecule has 1 aliphatic carbocycles. The Morgan fingerprint density at radius 2 is 1.78 bits per heavy atom. The van der Waals surface area contributed by atoms with E-state index in [1.54, 1.807) is 4.31 Å². The van der Waals surface area contributed by atoms with Gasteiger partial charge in [-0.05, 0) is 51.4 Å². The molecule has 0 radical (unpaired) electrons. The van der Waals surface area contributed by atoms with Crippen molar-refractivity contribution in [1.29, 1.82) is 0 Å². The smallest absolute Gasteiger partial charge is 0.211 e. The quantitative estimate of drug-likeness (QED) is 0.787. The molecule has 3 aliphatic rings. The third-order valence-corrected chi connectivity index (χ3v) is 7.78. The van der Waals surface area contributed by atoms with Crippen LogP contribution in [-0.4, -0.2) is 48.6 Å². The fourth-order valence-electron chi connectivity index (χ4n) is 5.11. The average Bonchev–Trinajstić information content (AvgIpc) is 3.13. The van der Waals surface area contributed by atoms with Gasteiger partial charge in [-0.1, -0.05) is 19.3 Å². The molecule has 1 aromatic rings. The molecule has 7 heteroatoms. The summed E-state index contributed by atoms with van der Waals surface area (Å²) in [5.74, 6) is 2.54. The van der Waals surface area contributed by atoms with Gasteiger partial charge in [-0.25, -0.2) is 18.4 Å². The molecule has 2 fully saturated rings. The number of aryl methyl sites for hydroxylation is 1. The van der Waals surface area contributed by atoms with Gasteiger partial charge in [0.1, 0.15) is 11.6 Å². The maximum Gasteiger partial charge on any atom is 0.211 e. The SMILES string of the molecule is Cc1nc(C2CCCN2S(C)(=O)=O)nc2c1CCCN2CC1CCCCC1. The van der Waals surface area contributed by atoms with Crippen LogP contribution in [0.15, 0.2) is 0 Å². The van der Waals surface area contributed by atoms with Gasteiger partial charge in [-0.15, -0.1) is 0 Å². The van der Waals surface area contributed by atoms with Crippen molar-refractivity contribution in [3.63, 3.8) is 0 Å². The molecule has 27 heavy (non-hydrogen) atoms. The first kappa shape index (κ1) is 19.1. The molecule has 3 heterocycles. The fourth-order valence-corrected chi connectivity index (χ4v) is 6.23. The van der Waals surface area contributed by atoms with Gasteiger partial charge in [-0.3, -0.25) is 0 Å². The second kappa shape index (κ2) is 7.66. The highest BCUT2D eigenvalue weighted by Crippen LogP contribution is 2.36. The highest BCUT2D eigenvalue weighted by Gasteiger charge is 2.36. The topological polar surface area (TPSA) is 66.4 Å². The van der Waals surface area contributed by atoms with Gasteiger partial charge in [-0.2, -0.15) is 4.31 Å². The lowest BCUT2D eigenvalue weighted by atomic mass is 9.88. The third-order valence-electron chi connectivity index (χ3n) is 6.49. The Morgan fingerprint density at radius 3 is 2.52 bits per heavy atom. The predicted octanol–water partition coefficient (Wildman–Crippen LogP) is 3.21. The fraction of sp³-hybridized carbons (Fsp3) is 0.800. The maximum atomic E-state index is 12.2. The van der Waals surface area contributed by atoms with Crippen molar-refractivity contribution in [2.45, 2.75) is 70.8 Å². The molecule has 0 spiro atoms. The van der Waals surface area contributed by atoms with Crippen LogP contribution in [0.3, 0.4) is 0 Å². The molecule has 1 aromatic heterocycles. The summed E-state index contributed by atoms with van der Waals surface area (Å²) in [4.78, 5) is 12.2. The van der Waals surface area contributed by atoms with E-state index in [0.29, 0.717) is 12.4 Å². The second-order valence-corrected chi connectivity index (χ2v) is 10.5. The number of sulfonamides is 1. The minimum atomic E-state index is -3.23. The number of hydrogen-bond acceptors (Lipinski definition) is 5.